The molecule has 0 radical (unpaired) electrons. The highest BCUT2D eigenvalue weighted by Crippen LogP contribution is 2.14. The van der Waals surface area contributed by atoms with E-state index in [0.717, 1.165) is 28.2 Å². The summed E-state index contributed by atoms with van der Waals surface area (Å²) in [6, 6.07) is 15.9. The molecule has 0 aliphatic rings. The molecule has 3 aromatic rings. The molecule has 3 rings (SSSR count). The Morgan fingerprint density at radius 2 is 2.04 bits per heavy atom. The first-order valence-electron chi connectivity index (χ1n) is 8.50. The molecule has 1 heterocycles. The molecule has 0 saturated carbocycles. The minimum atomic E-state index is 0.0138. The van der Waals surface area contributed by atoms with Crippen LogP contribution < -0.4 is 10.1 Å². The molecule has 130 valence electrons. The van der Waals surface area contributed by atoms with Gasteiger partial charge in [-0.25, -0.2) is 4.98 Å². The largest absolute Gasteiger partial charge is 0.494 e. The summed E-state index contributed by atoms with van der Waals surface area (Å²) in [5.74, 6) is 1.71. The molecule has 5 heteroatoms. The van der Waals surface area contributed by atoms with Gasteiger partial charge in [0.25, 0.3) is 0 Å². The second kappa shape index (κ2) is 7.83. The molecule has 2 aromatic carbocycles. The lowest BCUT2D eigenvalue weighted by molar-refractivity contribution is -0.121. The maximum absolute atomic E-state index is 12.0. The van der Waals surface area contributed by atoms with Crippen LogP contribution in [-0.2, 0) is 18.4 Å². The van der Waals surface area contributed by atoms with Crippen molar-refractivity contribution in [3.8, 4) is 5.75 Å². The van der Waals surface area contributed by atoms with Gasteiger partial charge in [0.05, 0.1) is 24.2 Å². The van der Waals surface area contributed by atoms with Crippen molar-refractivity contribution in [2.24, 2.45) is 7.05 Å². The van der Waals surface area contributed by atoms with Gasteiger partial charge in [0.2, 0.25) is 5.91 Å². The Hall–Kier alpha value is -2.82. The van der Waals surface area contributed by atoms with Crippen LogP contribution in [-0.4, -0.2) is 22.1 Å². The Labute approximate surface area is 147 Å². The zero-order valence-corrected chi connectivity index (χ0v) is 14.7. The van der Waals surface area contributed by atoms with Gasteiger partial charge in [0.15, 0.2) is 0 Å². The molecule has 0 aliphatic heterocycles. The molecule has 0 bridgehead atoms. The fourth-order valence-electron chi connectivity index (χ4n) is 2.75. The van der Waals surface area contributed by atoms with E-state index in [1.54, 1.807) is 0 Å². The van der Waals surface area contributed by atoms with Crippen LogP contribution in [0.2, 0.25) is 0 Å². The minimum Gasteiger partial charge on any atom is -0.494 e. The van der Waals surface area contributed by atoms with E-state index in [0.29, 0.717) is 26.0 Å². The molecule has 0 saturated heterocycles. The lowest BCUT2D eigenvalue weighted by Crippen LogP contribution is -2.24. The average molecular weight is 337 g/mol. The Morgan fingerprint density at radius 3 is 2.84 bits per heavy atom. The number of benzene rings is 2. The summed E-state index contributed by atoms with van der Waals surface area (Å²) in [7, 11) is 1.96. The summed E-state index contributed by atoms with van der Waals surface area (Å²) in [6.07, 6.45) is 1.12. The molecule has 1 aromatic heterocycles. The van der Waals surface area contributed by atoms with Gasteiger partial charge in [0, 0.05) is 13.5 Å². The van der Waals surface area contributed by atoms with Crippen molar-refractivity contribution in [3.63, 3.8) is 0 Å². The third kappa shape index (κ3) is 4.38. The molecular formula is C20H23N3O2. The highest BCUT2D eigenvalue weighted by molar-refractivity contribution is 5.77. The zero-order valence-electron chi connectivity index (χ0n) is 14.7. The van der Waals surface area contributed by atoms with E-state index >= 15 is 0 Å². The minimum absolute atomic E-state index is 0.0138. The van der Waals surface area contributed by atoms with Gasteiger partial charge < -0.3 is 14.6 Å². The number of nitrogens with zero attached hydrogens (tertiary/aromatic N) is 2. The number of amides is 1. The summed E-state index contributed by atoms with van der Waals surface area (Å²) in [5.41, 5.74) is 3.18. The first-order valence-corrected chi connectivity index (χ1v) is 8.50. The van der Waals surface area contributed by atoms with Crippen LogP contribution in [0.4, 0.5) is 0 Å². The topological polar surface area (TPSA) is 56.1 Å². The Kier molecular flexibility index (Phi) is 5.33. The molecule has 0 unspecified atom stereocenters. The van der Waals surface area contributed by atoms with Crippen LogP contribution in [0.1, 0.15) is 24.2 Å². The number of aryl methyl sites for hydroxylation is 2. The lowest BCUT2D eigenvalue weighted by Gasteiger charge is -2.08. The Morgan fingerprint density at radius 1 is 1.20 bits per heavy atom. The number of ether oxygens (including phenoxy) is 1. The van der Waals surface area contributed by atoms with Crippen molar-refractivity contribution in [2.75, 3.05) is 6.61 Å². The van der Waals surface area contributed by atoms with Gasteiger partial charge in [0.1, 0.15) is 11.6 Å². The number of fused-ring (bicyclic) bond motifs is 1. The third-order valence-corrected chi connectivity index (χ3v) is 4.13. The first-order chi connectivity index (χ1) is 12.1. The standard InChI is InChI=1S/C20H23N3O2/c1-15-7-5-8-16(13-15)25-12-6-11-20(24)21-14-19-22-17-9-3-4-10-18(17)23(19)2/h3-5,7-10,13H,6,11-12,14H2,1-2H3,(H,21,24). The third-order valence-electron chi connectivity index (χ3n) is 4.13. The van der Waals surface area contributed by atoms with Gasteiger partial charge in [-0.15, -0.1) is 0 Å². The smallest absolute Gasteiger partial charge is 0.220 e. The van der Waals surface area contributed by atoms with Gasteiger partial charge in [-0.1, -0.05) is 24.3 Å². The van der Waals surface area contributed by atoms with Gasteiger partial charge >= 0.3 is 0 Å². The molecule has 0 spiro atoms. The van der Waals surface area contributed by atoms with E-state index in [2.05, 4.69) is 10.3 Å². The predicted molar refractivity (Wildman–Crippen MR) is 98.5 cm³/mol. The number of para-hydroxylation sites is 2. The molecule has 1 amide bonds. The van der Waals surface area contributed by atoms with Crippen LogP contribution in [0.25, 0.3) is 11.0 Å². The van der Waals surface area contributed by atoms with Crippen molar-refractivity contribution in [3.05, 3.63) is 59.9 Å². The number of nitrogens with one attached hydrogen (secondary N) is 1. The van der Waals surface area contributed by atoms with Crippen molar-refractivity contribution in [1.29, 1.82) is 0 Å². The average Bonchev–Trinajstić information content (AvgIpc) is 2.93. The number of aromatic nitrogens is 2. The van der Waals surface area contributed by atoms with Crippen molar-refractivity contribution >= 4 is 16.9 Å². The lowest BCUT2D eigenvalue weighted by atomic mass is 10.2. The number of hydrogen-bond acceptors (Lipinski definition) is 3. The summed E-state index contributed by atoms with van der Waals surface area (Å²) >= 11 is 0. The van der Waals surface area contributed by atoms with E-state index in [9.17, 15) is 4.79 Å². The molecule has 5 nitrogen and oxygen atoms in total. The van der Waals surface area contributed by atoms with Crippen LogP contribution in [0.15, 0.2) is 48.5 Å². The number of carbonyl (C=O) groups is 1. The fourth-order valence-corrected chi connectivity index (χ4v) is 2.75. The summed E-state index contributed by atoms with van der Waals surface area (Å²) < 4.78 is 7.67. The fraction of sp³-hybridized carbons (Fsp3) is 0.300. The van der Waals surface area contributed by atoms with Crippen LogP contribution in [0.3, 0.4) is 0 Å². The van der Waals surface area contributed by atoms with Crippen molar-refractivity contribution in [2.45, 2.75) is 26.3 Å². The molecule has 0 aliphatic carbocycles. The van der Waals surface area contributed by atoms with Crippen LogP contribution in [0, 0.1) is 6.92 Å². The summed E-state index contributed by atoms with van der Waals surface area (Å²) in [6.45, 7) is 2.99. The predicted octanol–water partition coefficient (Wildman–Crippen LogP) is 3.36. The van der Waals surface area contributed by atoms with Crippen molar-refractivity contribution in [1.82, 2.24) is 14.9 Å². The summed E-state index contributed by atoms with van der Waals surface area (Å²) in [4.78, 5) is 16.6. The van der Waals surface area contributed by atoms with Gasteiger partial charge in [-0.3, -0.25) is 4.79 Å². The number of hydrogen-bond donors (Lipinski definition) is 1. The normalized spacial score (nSPS) is 10.8. The maximum atomic E-state index is 12.0. The molecule has 0 atom stereocenters. The van der Waals surface area contributed by atoms with Gasteiger partial charge in [-0.05, 0) is 43.2 Å². The van der Waals surface area contributed by atoms with E-state index in [4.69, 9.17) is 4.74 Å². The highest BCUT2D eigenvalue weighted by atomic mass is 16.5. The Bertz CT molecular complexity index is 870. The SMILES string of the molecule is Cc1cccc(OCCCC(=O)NCc2nc3ccccc3n2C)c1. The van der Waals surface area contributed by atoms with E-state index in [-0.39, 0.29) is 5.91 Å². The van der Waals surface area contributed by atoms with E-state index < -0.39 is 0 Å². The highest BCUT2D eigenvalue weighted by Gasteiger charge is 2.08. The van der Waals surface area contributed by atoms with E-state index in [1.807, 2.05) is 67.1 Å². The second-order valence-corrected chi connectivity index (χ2v) is 6.12. The zero-order chi connectivity index (χ0) is 17.6. The molecular weight excluding hydrogens is 314 g/mol. The monoisotopic (exact) mass is 337 g/mol. The maximum Gasteiger partial charge on any atom is 0.220 e. The quantitative estimate of drug-likeness (QED) is 0.673. The van der Waals surface area contributed by atoms with Crippen LogP contribution in [0.5, 0.6) is 5.75 Å². The van der Waals surface area contributed by atoms with Crippen LogP contribution >= 0.6 is 0 Å². The van der Waals surface area contributed by atoms with E-state index in [1.165, 1.54) is 0 Å². The number of imidazole rings is 1. The van der Waals surface area contributed by atoms with Crippen molar-refractivity contribution < 1.29 is 9.53 Å². The second-order valence-electron chi connectivity index (χ2n) is 6.12. The molecule has 0 fully saturated rings. The number of carbonyl (C=O) groups excluding carboxylic acids is 1. The molecule has 1 N–H and O–H groups in total. The summed E-state index contributed by atoms with van der Waals surface area (Å²) in [5, 5.41) is 2.93. The molecule has 25 heavy (non-hydrogen) atoms. The van der Waals surface area contributed by atoms with Gasteiger partial charge in [-0.2, -0.15) is 0 Å². The first kappa shape index (κ1) is 17.0. The Balaban J connectivity index is 1.42. The number of rotatable bonds is 7.